The van der Waals surface area contributed by atoms with Crippen molar-refractivity contribution < 1.29 is 17.9 Å². The van der Waals surface area contributed by atoms with Crippen LogP contribution in [-0.4, -0.2) is 35.1 Å². The van der Waals surface area contributed by atoms with Gasteiger partial charge in [0.05, 0.1) is 14.2 Å². The summed E-state index contributed by atoms with van der Waals surface area (Å²) in [5.74, 6) is 1.37. The average molecular weight is 332 g/mol. The van der Waals surface area contributed by atoms with Gasteiger partial charge in [0, 0.05) is 12.4 Å². The molecule has 0 aliphatic carbocycles. The predicted octanol–water partition coefficient (Wildman–Crippen LogP) is 2.49. The Kier molecular flexibility index (Phi) is 5.48. The number of nitrogens with zero attached hydrogens (tertiary/aromatic N) is 2. The van der Waals surface area contributed by atoms with Crippen LogP contribution in [0, 0.1) is 0 Å². The fourth-order valence-corrected chi connectivity index (χ4v) is 2.23. The van der Waals surface area contributed by atoms with Crippen LogP contribution in [0.4, 0.5) is 0 Å². The van der Waals surface area contributed by atoms with Gasteiger partial charge in [-0.1, -0.05) is 0 Å². The molecule has 120 valence electrons. The maximum atomic E-state index is 11.8. The SMILES string of the molecule is COc1ccc(/C=N/S(=O)(=O)/N=C/c2ccc(OC)cc2)cc1. The lowest BCUT2D eigenvalue weighted by Gasteiger charge is -1.99. The van der Waals surface area contributed by atoms with Crippen molar-refractivity contribution in [2.45, 2.75) is 0 Å². The minimum Gasteiger partial charge on any atom is -0.497 e. The zero-order valence-electron chi connectivity index (χ0n) is 12.7. The van der Waals surface area contributed by atoms with Crippen LogP contribution in [0.3, 0.4) is 0 Å². The summed E-state index contributed by atoms with van der Waals surface area (Å²) in [6.07, 6.45) is 2.47. The van der Waals surface area contributed by atoms with E-state index in [9.17, 15) is 8.42 Å². The van der Waals surface area contributed by atoms with E-state index in [2.05, 4.69) is 8.80 Å². The maximum Gasteiger partial charge on any atom is 0.362 e. The monoisotopic (exact) mass is 332 g/mol. The van der Waals surface area contributed by atoms with Gasteiger partial charge in [-0.2, -0.15) is 17.2 Å². The number of ether oxygens (including phenoxy) is 2. The van der Waals surface area contributed by atoms with Crippen molar-refractivity contribution in [1.82, 2.24) is 0 Å². The van der Waals surface area contributed by atoms with Gasteiger partial charge in [-0.25, -0.2) is 0 Å². The van der Waals surface area contributed by atoms with Crippen LogP contribution in [0.15, 0.2) is 57.3 Å². The van der Waals surface area contributed by atoms with Crippen molar-refractivity contribution in [2.24, 2.45) is 8.80 Å². The highest BCUT2D eigenvalue weighted by atomic mass is 32.2. The Morgan fingerprint density at radius 1 is 0.739 bits per heavy atom. The molecule has 2 aromatic rings. The van der Waals surface area contributed by atoms with Gasteiger partial charge in [0.25, 0.3) is 0 Å². The van der Waals surface area contributed by atoms with Crippen LogP contribution < -0.4 is 9.47 Å². The van der Waals surface area contributed by atoms with Crippen LogP contribution in [0.1, 0.15) is 11.1 Å². The van der Waals surface area contributed by atoms with Gasteiger partial charge in [-0.3, -0.25) is 0 Å². The molecule has 6 nitrogen and oxygen atoms in total. The molecule has 2 rings (SSSR count). The molecule has 0 fully saturated rings. The molecular weight excluding hydrogens is 316 g/mol. The molecule has 23 heavy (non-hydrogen) atoms. The molecule has 0 bridgehead atoms. The summed E-state index contributed by atoms with van der Waals surface area (Å²) in [7, 11) is -0.819. The summed E-state index contributed by atoms with van der Waals surface area (Å²) in [4.78, 5) is 0. The summed E-state index contributed by atoms with van der Waals surface area (Å²) >= 11 is 0. The highest BCUT2D eigenvalue weighted by Crippen LogP contribution is 2.11. The van der Waals surface area contributed by atoms with Crippen molar-refractivity contribution in [3.63, 3.8) is 0 Å². The lowest BCUT2D eigenvalue weighted by atomic mass is 10.2. The highest BCUT2D eigenvalue weighted by Gasteiger charge is 2.02. The second kappa shape index (κ2) is 7.55. The highest BCUT2D eigenvalue weighted by molar-refractivity contribution is 7.89. The molecule has 0 N–H and O–H groups in total. The first-order chi connectivity index (χ1) is 11.0. The third-order valence-electron chi connectivity index (χ3n) is 2.90. The lowest BCUT2D eigenvalue weighted by Crippen LogP contribution is -1.94. The van der Waals surface area contributed by atoms with E-state index >= 15 is 0 Å². The number of hydrogen-bond donors (Lipinski definition) is 0. The van der Waals surface area contributed by atoms with E-state index in [-0.39, 0.29) is 0 Å². The Labute approximate surface area is 135 Å². The Hall–Kier alpha value is -2.67. The van der Waals surface area contributed by atoms with Gasteiger partial charge in [0.1, 0.15) is 11.5 Å². The first-order valence-electron chi connectivity index (χ1n) is 6.66. The average Bonchev–Trinajstić information content (AvgIpc) is 2.59. The summed E-state index contributed by atoms with van der Waals surface area (Å²) in [6.45, 7) is 0. The van der Waals surface area contributed by atoms with Crippen molar-refractivity contribution in [3.8, 4) is 11.5 Å². The standard InChI is InChI=1S/C16H16N2O4S/c1-21-15-7-3-13(4-8-15)11-17-23(19,20)18-12-14-5-9-16(22-2)10-6-14/h3-12H,1-2H3/b17-11+,18-12+. The molecule has 0 amide bonds. The molecule has 0 aliphatic rings. The molecule has 0 heterocycles. The summed E-state index contributed by atoms with van der Waals surface area (Å²) in [6, 6.07) is 13.7. The normalized spacial score (nSPS) is 11.9. The topological polar surface area (TPSA) is 77.3 Å². The Morgan fingerprint density at radius 2 is 1.09 bits per heavy atom. The van der Waals surface area contributed by atoms with E-state index in [1.54, 1.807) is 62.8 Å². The van der Waals surface area contributed by atoms with Crippen molar-refractivity contribution in [3.05, 3.63) is 59.7 Å². The Morgan fingerprint density at radius 3 is 1.39 bits per heavy atom. The summed E-state index contributed by atoms with van der Waals surface area (Å²) in [5, 5.41) is 0. The molecule has 0 aliphatic heterocycles. The van der Waals surface area contributed by atoms with E-state index in [0.717, 1.165) is 0 Å². The van der Waals surface area contributed by atoms with Crippen LogP contribution in [0.5, 0.6) is 11.5 Å². The molecule has 2 aromatic carbocycles. The fraction of sp³-hybridized carbons (Fsp3) is 0.125. The number of rotatable bonds is 6. The first-order valence-corrected chi connectivity index (χ1v) is 8.06. The van der Waals surface area contributed by atoms with Crippen LogP contribution in [0.2, 0.25) is 0 Å². The van der Waals surface area contributed by atoms with E-state index in [1.165, 1.54) is 12.4 Å². The molecule has 0 unspecified atom stereocenters. The van der Waals surface area contributed by atoms with Crippen molar-refractivity contribution in [1.29, 1.82) is 0 Å². The minimum absolute atomic E-state index is 0.633. The quantitative estimate of drug-likeness (QED) is 0.762. The van der Waals surface area contributed by atoms with E-state index in [1.807, 2.05) is 0 Å². The van der Waals surface area contributed by atoms with Crippen LogP contribution in [0.25, 0.3) is 0 Å². The Balaban J connectivity index is 2.07. The lowest BCUT2D eigenvalue weighted by molar-refractivity contribution is 0.414. The van der Waals surface area contributed by atoms with Crippen LogP contribution >= 0.6 is 0 Å². The van der Waals surface area contributed by atoms with Gasteiger partial charge < -0.3 is 9.47 Å². The smallest absolute Gasteiger partial charge is 0.362 e. The van der Waals surface area contributed by atoms with Crippen LogP contribution in [-0.2, 0) is 10.2 Å². The second-order valence-corrected chi connectivity index (χ2v) is 5.78. The molecule has 0 aromatic heterocycles. The van der Waals surface area contributed by atoms with E-state index in [0.29, 0.717) is 22.6 Å². The second-order valence-electron chi connectivity index (χ2n) is 4.46. The first kappa shape index (κ1) is 16.7. The van der Waals surface area contributed by atoms with Gasteiger partial charge in [-0.05, 0) is 59.7 Å². The van der Waals surface area contributed by atoms with Gasteiger partial charge in [0.2, 0.25) is 0 Å². The van der Waals surface area contributed by atoms with Crippen molar-refractivity contribution >= 4 is 22.6 Å². The van der Waals surface area contributed by atoms with Crippen molar-refractivity contribution in [2.75, 3.05) is 14.2 Å². The molecule has 7 heteroatoms. The fourth-order valence-electron chi connectivity index (χ4n) is 1.66. The largest absolute Gasteiger partial charge is 0.497 e. The third kappa shape index (κ3) is 5.23. The van der Waals surface area contributed by atoms with E-state index < -0.39 is 10.2 Å². The molecule has 0 saturated carbocycles. The molecule has 0 saturated heterocycles. The third-order valence-corrected chi connectivity index (χ3v) is 3.65. The number of hydrogen-bond acceptors (Lipinski definition) is 4. The minimum atomic E-state index is -3.93. The van der Waals surface area contributed by atoms with Gasteiger partial charge in [0.15, 0.2) is 0 Å². The Bertz CT molecular complexity index is 731. The van der Waals surface area contributed by atoms with E-state index in [4.69, 9.17) is 9.47 Å². The summed E-state index contributed by atoms with van der Waals surface area (Å²) in [5.41, 5.74) is 1.27. The molecule has 0 atom stereocenters. The molecule has 0 radical (unpaired) electrons. The van der Waals surface area contributed by atoms with Gasteiger partial charge >= 0.3 is 10.2 Å². The zero-order valence-corrected chi connectivity index (χ0v) is 13.5. The zero-order chi connectivity index (χ0) is 16.7. The maximum absolute atomic E-state index is 11.8. The van der Waals surface area contributed by atoms with Gasteiger partial charge in [-0.15, -0.1) is 0 Å². The predicted molar refractivity (Wildman–Crippen MR) is 90.1 cm³/mol. The molecule has 0 spiro atoms. The molecular formula is C16H16N2O4S. The number of benzene rings is 2. The summed E-state index contributed by atoms with van der Waals surface area (Å²) < 4.78 is 40.6. The number of methoxy groups -OCH3 is 2.